The average Bonchev–Trinajstić information content (AvgIpc) is 1.99. The molecule has 0 fully saturated rings. The van der Waals surface area contributed by atoms with E-state index in [1.165, 1.54) is 0 Å². The van der Waals surface area contributed by atoms with Crippen LogP contribution in [0.1, 0.15) is 6.92 Å². The second kappa shape index (κ2) is 5.77. The van der Waals surface area contributed by atoms with Gasteiger partial charge >= 0.3 is 0 Å². The van der Waals surface area contributed by atoms with Crippen molar-refractivity contribution in [2.75, 3.05) is 25.0 Å². The van der Waals surface area contributed by atoms with Gasteiger partial charge in [0.05, 0.1) is 6.61 Å². The molecule has 11 heavy (non-hydrogen) atoms. The van der Waals surface area contributed by atoms with Crippen molar-refractivity contribution < 1.29 is 13.2 Å². The Morgan fingerprint density at radius 3 is 2.64 bits per heavy atom. The summed E-state index contributed by atoms with van der Waals surface area (Å²) in [4.78, 5) is 0. The van der Waals surface area contributed by atoms with E-state index in [9.17, 15) is 8.42 Å². The van der Waals surface area contributed by atoms with Crippen LogP contribution in [0.5, 0.6) is 0 Å². The third-order valence-electron chi connectivity index (χ3n) is 0.916. The summed E-state index contributed by atoms with van der Waals surface area (Å²) in [6.45, 7) is 3.09. The summed E-state index contributed by atoms with van der Waals surface area (Å²) in [6.07, 6.45) is 0. The van der Waals surface area contributed by atoms with Gasteiger partial charge in [0.25, 0.3) is 0 Å². The zero-order chi connectivity index (χ0) is 8.74. The van der Waals surface area contributed by atoms with E-state index in [0.29, 0.717) is 13.2 Å². The summed E-state index contributed by atoms with van der Waals surface area (Å²) in [5.41, 5.74) is 0. The van der Waals surface area contributed by atoms with Gasteiger partial charge in [-0.2, -0.15) is 0 Å². The summed E-state index contributed by atoms with van der Waals surface area (Å²) in [7, 11) is -3.26. The molecule has 1 N–H and O–H groups in total. The molecule has 0 saturated carbocycles. The van der Waals surface area contributed by atoms with Crippen LogP contribution in [0.25, 0.3) is 0 Å². The Morgan fingerprint density at radius 2 is 2.18 bits per heavy atom. The van der Waals surface area contributed by atoms with E-state index < -0.39 is 15.2 Å². The minimum atomic E-state index is -3.26. The Balaban J connectivity index is 3.39. The van der Waals surface area contributed by atoms with E-state index in [0.717, 1.165) is 0 Å². The molecule has 0 heterocycles. The molecule has 0 unspecified atom stereocenters. The largest absolute Gasteiger partial charge is 0.380 e. The lowest BCUT2D eigenvalue weighted by molar-refractivity contribution is 0.153. The van der Waals surface area contributed by atoms with Crippen LogP contribution in [-0.2, 0) is 14.8 Å². The molecule has 0 aliphatic carbocycles. The van der Waals surface area contributed by atoms with Gasteiger partial charge in [-0.25, -0.2) is 13.1 Å². The van der Waals surface area contributed by atoms with E-state index in [1.807, 2.05) is 6.92 Å². The number of hydrogen-bond acceptors (Lipinski definition) is 3. The van der Waals surface area contributed by atoms with Crippen molar-refractivity contribution in [1.29, 1.82) is 0 Å². The third kappa shape index (κ3) is 6.55. The minimum absolute atomic E-state index is 0.281. The smallest absolute Gasteiger partial charge is 0.225 e. The molecule has 0 saturated heterocycles. The highest BCUT2D eigenvalue weighted by Gasteiger charge is 2.05. The molecule has 0 aromatic rings. The summed E-state index contributed by atoms with van der Waals surface area (Å²) >= 11 is 5.11. The Bertz CT molecular complexity index is 180. The fourth-order valence-electron chi connectivity index (χ4n) is 0.452. The van der Waals surface area contributed by atoms with Crippen LogP contribution in [-0.4, -0.2) is 33.4 Å². The van der Waals surface area contributed by atoms with Gasteiger partial charge in [-0.15, -0.1) is 11.6 Å². The van der Waals surface area contributed by atoms with Crippen LogP contribution >= 0.6 is 11.6 Å². The van der Waals surface area contributed by atoms with Crippen LogP contribution in [0.3, 0.4) is 0 Å². The van der Waals surface area contributed by atoms with E-state index in [-0.39, 0.29) is 6.54 Å². The van der Waals surface area contributed by atoms with Crippen molar-refractivity contribution in [3.05, 3.63) is 0 Å². The minimum Gasteiger partial charge on any atom is -0.380 e. The van der Waals surface area contributed by atoms with Crippen LogP contribution in [0, 0.1) is 0 Å². The Morgan fingerprint density at radius 1 is 1.55 bits per heavy atom. The predicted molar refractivity (Wildman–Crippen MR) is 44.1 cm³/mol. The molecule has 0 aromatic heterocycles. The lowest BCUT2D eigenvalue weighted by atomic mass is 10.7. The van der Waals surface area contributed by atoms with Gasteiger partial charge in [-0.3, -0.25) is 0 Å². The zero-order valence-electron chi connectivity index (χ0n) is 6.34. The van der Waals surface area contributed by atoms with Gasteiger partial charge in [-0.1, -0.05) is 0 Å². The lowest BCUT2D eigenvalue weighted by Gasteiger charge is -2.02. The fourth-order valence-corrected chi connectivity index (χ4v) is 1.16. The van der Waals surface area contributed by atoms with Crippen molar-refractivity contribution in [3.63, 3.8) is 0 Å². The molecular weight excluding hydrogens is 190 g/mol. The summed E-state index contributed by atoms with van der Waals surface area (Å²) in [6, 6.07) is 0. The van der Waals surface area contributed by atoms with Crippen LogP contribution in [0.4, 0.5) is 0 Å². The number of halogens is 1. The number of ether oxygens (including phenoxy) is 1. The lowest BCUT2D eigenvalue weighted by Crippen LogP contribution is -2.28. The van der Waals surface area contributed by atoms with Gasteiger partial charge in [0.1, 0.15) is 5.21 Å². The summed E-state index contributed by atoms with van der Waals surface area (Å²) < 4.78 is 28.5. The number of rotatable bonds is 6. The molecule has 0 amide bonds. The topological polar surface area (TPSA) is 55.4 Å². The van der Waals surface area contributed by atoms with Crippen molar-refractivity contribution in [1.82, 2.24) is 4.72 Å². The van der Waals surface area contributed by atoms with Crippen molar-refractivity contribution >= 4 is 21.6 Å². The van der Waals surface area contributed by atoms with Gasteiger partial charge in [0.15, 0.2) is 0 Å². The first-order chi connectivity index (χ1) is 5.12. The molecule has 0 aromatic carbocycles. The number of alkyl halides is 1. The highest BCUT2D eigenvalue weighted by molar-refractivity contribution is 7.90. The second-order valence-corrected chi connectivity index (χ2v) is 4.21. The number of nitrogens with one attached hydrogen (secondary N) is 1. The average molecular weight is 202 g/mol. The second-order valence-electron chi connectivity index (χ2n) is 1.82. The monoisotopic (exact) mass is 201 g/mol. The van der Waals surface area contributed by atoms with Crippen molar-refractivity contribution in [3.8, 4) is 0 Å². The fraction of sp³-hybridized carbons (Fsp3) is 1.00. The van der Waals surface area contributed by atoms with Gasteiger partial charge in [0.2, 0.25) is 10.0 Å². The van der Waals surface area contributed by atoms with E-state index in [1.54, 1.807) is 0 Å². The first kappa shape index (κ1) is 11.2. The molecule has 68 valence electrons. The summed E-state index contributed by atoms with van der Waals surface area (Å²) in [5.74, 6) is 0. The van der Waals surface area contributed by atoms with Crippen molar-refractivity contribution in [2.45, 2.75) is 6.92 Å². The maximum atomic E-state index is 10.7. The van der Waals surface area contributed by atoms with Gasteiger partial charge in [-0.05, 0) is 6.92 Å². The third-order valence-corrected chi connectivity index (χ3v) is 2.71. The van der Waals surface area contributed by atoms with Gasteiger partial charge < -0.3 is 4.74 Å². The van der Waals surface area contributed by atoms with Crippen LogP contribution in [0.15, 0.2) is 0 Å². The quantitative estimate of drug-likeness (QED) is 0.491. The summed E-state index contributed by atoms with van der Waals surface area (Å²) in [5, 5.41) is -0.404. The highest BCUT2D eigenvalue weighted by Crippen LogP contribution is 1.86. The normalized spacial score (nSPS) is 11.8. The Labute approximate surface area is 71.9 Å². The van der Waals surface area contributed by atoms with Crippen molar-refractivity contribution in [2.24, 2.45) is 0 Å². The molecule has 4 nitrogen and oxygen atoms in total. The molecular formula is C5H12ClNO3S. The maximum absolute atomic E-state index is 10.7. The maximum Gasteiger partial charge on any atom is 0.225 e. The molecule has 0 aliphatic rings. The SMILES string of the molecule is CCOCCNS(=O)(=O)CCl. The predicted octanol–water partition coefficient (Wildman–Crippen LogP) is 0.139. The molecule has 0 spiro atoms. The number of hydrogen-bond donors (Lipinski definition) is 1. The van der Waals surface area contributed by atoms with E-state index >= 15 is 0 Å². The molecule has 0 rings (SSSR count). The van der Waals surface area contributed by atoms with E-state index in [2.05, 4.69) is 4.72 Å². The standard InChI is InChI=1S/C5H12ClNO3S/c1-2-10-4-3-7-11(8,9)5-6/h7H,2-5H2,1H3. The first-order valence-corrected chi connectivity index (χ1v) is 5.42. The molecule has 0 atom stereocenters. The van der Waals surface area contributed by atoms with Crippen LogP contribution in [0.2, 0.25) is 0 Å². The van der Waals surface area contributed by atoms with Crippen LogP contribution < -0.4 is 4.72 Å². The van der Waals surface area contributed by atoms with Gasteiger partial charge in [0, 0.05) is 13.2 Å². The Kier molecular flexibility index (Phi) is 5.85. The van der Waals surface area contributed by atoms with E-state index in [4.69, 9.17) is 16.3 Å². The zero-order valence-corrected chi connectivity index (χ0v) is 7.91. The highest BCUT2D eigenvalue weighted by atomic mass is 35.5. The molecule has 0 radical (unpaired) electrons. The molecule has 0 bridgehead atoms. The number of sulfonamides is 1. The molecule has 6 heteroatoms. The Hall–Kier alpha value is 0.160. The molecule has 0 aliphatic heterocycles. The first-order valence-electron chi connectivity index (χ1n) is 3.23.